The summed E-state index contributed by atoms with van der Waals surface area (Å²) in [5.41, 5.74) is 0. The molecular weight excluding hydrogens is 114 g/mol. The molecular formula is C7H15NO. The van der Waals surface area contributed by atoms with Crippen LogP contribution in [-0.2, 0) is 4.74 Å². The van der Waals surface area contributed by atoms with E-state index in [0.717, 1.165) is 12.8 Å². The van der Waals surface area contributed by atoms with Crippen molar-refractivity contribution in [1.29, 1.82) is 5.41 Å². The standard InChI is InChI=1S/C7H15NO/c1-4-7(5-2)9-6(3)8/h7-8H,4-5H2,1-3H3. The van der Waals surface area contributed by atoms with Crippen LogP contribution in [0.2, 0.25) is 0 Å². The van der Waals surface area contributed by atoms with E-state index in [1.807, 2.05) is 0 Å². The van der Waals surface area contributed by atoms with Gasteiger partial charge in [-0.3, -0.25) is 5.41 Å². The molecule has 0 aromatic rings. The summed E-state index contributed by atoms with van der Waals surface area (Å²) >= 11 is 0. The number of nitrogens with one attached hydrogen (secondary N) is 1. The minimum Gasteiger partial charge on any atom is -0.478 e. The van der Waals surface area contributed by atoms with Crippen molar-refractivity contribution in [3.05, 3.63) is 0 Å². The van der Waals surface area contributed by atoms with Crippen molar-refractivity contribution in [1.82, 2.24) is 0 Å². The second-order valence-corrected chi connectivity index (χ2v) is 2.11. The first-order chi connectivity index (χ1) is 4.20. The molecule has 2 heteroatoms. The third-order valence-corrected chi connectivity index (χ3v) is 1.25. The van der Waals surface area contributed by atoms with Crippen LogP contribution in [0.5, 0.6) is 0 Å². The molecule has 0 amide bonds. The predicted molar refractivity (Wildman–Crippen MR) is 38.9 cm³/mol. The summed E-state index contributed by atoms with van der Waals surface area (Å²) in [6, 6.07) is 0. The molecule has 1 N–H and O–H groups in total. The summed E-state index contributed by atoms with van der Waals surface area (Å²) < 4.78 is 5.13. The highest BCUT2D eigenvalue weighted by atomic mass is 16.5. The van der Waals surface area contributed by atoms with Crippen molar-refractivity contribution < 1.29 is 4.74 Å². The Morgan fingerprint density at radius 2 is 1.89 bits per heavy atom. The Kier molecular flexibility index (Phi) is 4.10. The van der Waals surface area contributed by atoms with E-state index in [2.05, 4.69) is 13.8 Å². The van der Waals surface area contributed by atoms with Gasteiger partial charge in [-0.15, -0.1) is 0 Å². The van der Waals surface area contributed by atoms with Gasteiger partial charge < -0.3 is 4.74 Å². The third kappa shape index (κ3) is 4.01. The molecule has 0 heterocycles. The molecule has 0 saturated heterocycles. The highest BCUT2D eigenvalue weighted by molar-refractivity contribution is 5.69. The first-order valence-corrected chi connectivity index (χ1v) is 3.42. The number of hydrogen-bond donors (Lipinski definition) is 1. The lowest BCUT2D eigenvalue weighted by atomic mass is 10.2. The molecule has 0 aliphatic rings. The first kappa shape index (κ1) is 8.47. The molecule has 0 aromatic carbocycles. The lowest BCUT2D eigenvalue weighted by Crippen LogP contribution is -2.12. The summed E-state index contributed by atoms with van der Waals surface area (Å²) in [4.78, 5) is 0. The van der Waals surface area contributed by atoms with Crippen molar-refractivity contribution in [3.63, 3.8) is 0 Å². The van der Waals surface area contributed by atoms with Crippen LogP contribution in [-0.4, -0.2) is 12.0 Å². The zero-order valence-corrected chi connectivity index (χ0v) is 6.40. The summed E-state index contributed by atoms with van der Waals surface area (Å²) in [5.74, 6) is 0.323. The fraction of sp³-hybridized carbons (Fsp3) is 0.857. The van der Waals surface area contributed by atoms with Gasteiger partial charge in [0.15, 0.2) is 5.90 Å². The van der Waals surface area contributed by atoms with E-state index in [9.17, 15) is 0 Å². The van der Waals surface area contributed by atoms with Crippen molar-refractivity contribution in [2.75, 3.05) is 0 Å². The first-order valence-electron chi connectivity index (χ1n) is 3.42. The highest BCUT2D eigenvalue weighted by Crippen LogP contribution is 2.01. The minimum absolute atomic E-state index is 0.252. The monoisotopic (exact) mass is 129 g/mol. The zero-order chi connectivity index (χ0) is 7.28. The van der Waals surface area contributed by atoms with Crippen molar-refractivity contribution in [2.45, 2.75) is 39.7 Å². The van der Waals surface area contributed by atoms with Crippen molar-refractivity contribution in [3.8, 4) is 0 Å². The molecule has 2 nitrogen and oxygen atoms in total. The summed E-state index contributed by atoms with van der Waals surface area (Å²) in [7, 11) is 0. The Labute approximate surface area is 56.7 Å². The van der Waals surface area contributed by atoms with Crippen molar-refractivity contribution >= 4 is 5.90 Å². The Morgan fingerprint density at radius 1 is 1.44 bits per heavy atom. The van der Waals surface area contributed by atoms with Crippen LogP contribution in [0.3, 0.4) is 0 Å². The smallest absolute Gasteiger partial charge is 0.177 e. The molecule has 0 aliphatic heterocycles. The SMILES string of the molecule is CCC(CC)OC(C)=N. The maximum absolute atomic E-state index is 7.01. The van der Waals surface area contributed by atoms with Gasteiger partial charge in [0.05, 0.1) is 6.10 Å². The van der Waals surface area contributed by atoms with Gasteiger partial charge in [0.2, 0.25) is 0 Å². The van der Waals surface area contributed by atoms with Gasteiger partial charge in [-0.05, 0) is 12.8 Å². The van der Waals surface area contributed by atoms with E-state index in [4.69, 9.17) is 10.1 Å². The molecule has 0 fully saturated rings. The highest BCUT2D eigenvalue weighted by Gasteiger charge is 2.02. The van der Waals surface area contributed by atoms with Crippen LogP contribution in [0.15, 0.2) is 0 Å². The predicted octanol–water partition coefficient (Wildman–Crippen LogP) is 2.19. The summed E-state index contributed by atoms with van der Waals surface area (Å²) in [5, 5.41) is 7.01. The number of rotatable bonds is 3. The van der Waals surface area contributed by atoms with Crippen LogP contribution in [0.25, 0.3) is 0 Å². The second kappa shape index (κ2) is 4.36. The molecule has 0 atom stereocenters. The molecule has 0 rings (SSSR count). The zero-order valence-electron chi connectivity index (χ0n) is 6.40. The van der Waals surface area contributed by atoms with Crippen LogP contribution in [0, 0.1) is 5.41 Å². The fourth-order valence-corrected chi connectivity index (χ4v) is 0.705. The molecule has 0 radical (unpaired) electrons. The van der Waals surface area contributed by atoms with Gasteiger partial charge in [-0.2, -0.15) is 0 Å². The molecule has 0 aliphatic carbocycles. The van der Waals surface area contributed by atoms with Gasteiger partial charge in [-0.25, -0.2) is 0 Å². The quantitative estimate of drug-likeness (QED) is 0.460. The van der Waals surface area contributed by atoms with Crippen LogP contribution < -0.4 is 0 Å². The van der Waals surface area contributed by atoms with Crippen molar-refractivity contribution in [2.24, 2.45) is 0 Å². The normalized spacial score (nSPS) is 9.78. The van der Waals surface area contributed by atoms with Gasteiger partial charge in [0, 0.05) is 6.92 Å². The van der Waals surface area contributed by atoms with E-state index >= 15 is 0 Å². The largest absolute Gasteiger partial charge is 0.478 e. The second-order valence-electron chi connectivity index (χ2n) is 2.11. The van der Waals surface area contributed by atoms with Gasteiger partial charge in [0.1, 0.15) is 0 Å². The molecule has 54 valence electrons. The van der Waals surface area contributed by atoms with E-state index in [0.29, 0.717) is 5.90 Å². The van der Waals surface area contributed by atoms with Gasteiger partial charge in [0.25, 0.3) is 0 Å². The Morgan fingerprint density at radius 3 is 2.00 bits per heavy atom. The maximum Gasteiger partial charge on any atom is 0.177 e. The van der Waals surface area contributed by atoms with Crippen LogP contribution in [0.1, 0.15) is 33.6 Å². The average molecular weight is 129 g/mol. The maximum atomic E-state index is 7.01. The average Bonchev–Trinajstić information content (AvgIpc) is 1.82. The molecule has 0 unspecified atom stereocenters. The van der Waals surface area contributed by atoms with Gasteiger partial charge in [-0.1, -0.05) is 13.8 Å². The Bertz CT molecular complexity index is 86.9. The van der Waals surface area contributed by atoms with E-state index < -0.39 is 0 Å². The lowest BCUT2D eigenvalue weighted by molar-refractivity contribution is 0.176. The van der Waals surface area contributed by atoms with E-state index in [1.54, 1.807) is 6.92 Å². The van der Waals surface area contributed by atoms with Crippen LogP contribution in [0.4, 0.5) is 0 Å². The van der Waals surface area contributed by atoms with E-state index in [1.165, 1.54) is 0 Å². The lowest BCUT2D eigenvalue weighted by Gasteiger charge is -2.12. The minimum atomic E-state index is 0.252. The fourth-order valence-electron chi connectivity index (χ4n) is 0.705. The Balaban J connectivity index is 3.43. The number of hydrogen-bond acceptors (Lipinski definition) is 2. The van der Waals surface area contributed by atoms with Crippen LogP contribution >= 0.6 is 0 Å². The molecule has 0 aromatic heterocycles. The molecule has 0 spiro atoms. The Hall–Kier alpha value is -0.530. The van der Waals surface area contributed by atoms with E-state index in [-0.39, 0.29) is 6.10 Å². The molecule has 0 saturated carbocycles. The van der Waals surface area contributed by atoms with Gasteiger partial charge >= 0.3 is 0 Å². The third-order valence-electron chi connectivity index (χ3n) is 1.25. The molecule has 9 heavy (non-hydrogen) atoms. The molecule has 0 bridgehead atoms. The topological polar surface area (TPSA) is 33.1 Å². The summed E-state index contributed by atoms with van der Waals surface area (Å²) in [6.45, 7) is 5.80. The number of ether oxygens (including phenoxy) is 1. The summed E-state index contributed by atoms with van der Waals surface area (Å²) in [6.07, 6.45) is 2.24.